The van der Waals surface area contributed by atoms with Gasteiger partial charge < -0.3 is 14.8 Å². The fourth-order valence-electron chi connectivity index (χ4n) is 2.95. The highest BCUT2D eigenvalue weighted by molar-refractivity contribution is 5.98. The quantitative estimate of drug-likeness (QED) is 0.761. The molecule has 0 unspecified atom stereocenters. The monoisotopic (exact) mass is 292 g/mol. The number of hydrogen-bond donors (Lipinski definition) is 2. The SMILES string of the molecule is O=C(O)c1ccccc1C1=C(O)Cn2c1nc1ccccc12. The first-order valence-corrected chi connectivity index (χ1v) is 6.87. The Bertz CT molecular complexity index is 953. The molecular formula is C17H12N2O3. The Morgan fingerprint density at radius 2 is 1.82 bits per heavy atom. The Labute approximate surface area is 125 Å². The number of fused-ring (bicyclic) bond motifs is 3. The van der Waals surface area contributed by atoms with Gasteiger partial charge in [-0.15, -0.1) is 0 Å². The minimum Gasteiger partial charge on any atom is -0.510 e. The molecule has 3 aromatic rings. The number of carboxylic acids is 1. The van der Waals surface area contributed by atoms with Crippen molar-refractivity contribution < 1.29 is 15.0 Å². The first kappa shape index (κ1) is 12.6. The maximum atomic E-state index is 11.4. The summed E-state index contributed by atoms with van der Waals surface area (Å²) < 4.78 is 1.90. The topological polar surface area (TPSA) is 75.3 Å². The summed E-state index contributed by atoms with van der Waals surface area (Å²) in [5.74, 6) is -0.278. The van der Waals surface area contributed by atoms with E-state index < -0.39 is 5.97 Å². The number of nitrogens with zero attached hydrogens (tertiary/aromatic N) is 2. The number of aliphatic hydroxyl groups excluding tert-OH is 1. The van der Waals surface area contributed by atoms with Crippen molar-refractivity contribution in [1.82, 2.24) is 9.55 Å². The standard InChI is InChI=1S/C17H12N2O3/c20-14-9-19-13-8-4-3-7-12(13)18-16(19)15(14)10-5-1-2-6-11(10)17(21)22/h1-8,20H,9H2,(H,21,22). The summed E-state index contributed by atoms with van der Waals surface area (Å²) in [6.07, 6.45) is 0. The normalized spacial score (nSPS) is 13.6. The van der Waals surface area contributed by atoms with E-state index in [2.05, 4.69) is 4.98 Å². The van der Waals surface area contributed by atoms with E-state index in [-0.39, 0.29) is 11.3 Å². The van der Waals surface area contributed by atoms with Crippen LogP contribution in [-0.2, 0) is 6.54 Å². The van der Waals surface area contributed by atoms with Crippen LogP contribution in [0.25, 0.3) is 16.6 Å². The molecular weight excluding hydrogens is 280 g/mol. The molecule has 0 bridgehead atoms. The number of benzene rings is 2. The predicted molar refractivity (Wildman–Crippen MR) is 81.8 cm³/mol. The Morgan fingerprint density at radius 1 is 1.09 bits per heavy atom. The molecule has 5 heteroatoms. The third-order valence-corrected chi connectivity index (χ3v) is 3.90. The van der Waals surface area contributed by atoms with E-state index in [0.717, 1.165) is 11.0 Å². The number of rotatable bonds is 2. The van der Waals surface area contributed by atoms with Crippen molar-refractivity contribution in [3.63, 3.8) is 0 Å². The molecule has 1 aliphatic heterocycles. The zero-order valence-corrected chi connectivity index (χ0v) is 11.5. The van der Waals surface area contributed by atoms with Gasteiger partial charge >= 0.3 is 5.97 Å². The van der Waals surface area contributed by atoms with Crippen molar-refractivity contribution in [1.29, 1.82) is 0 Å². The number of aromatic nitrogens is 2. The zero-order valence-electron chi connectivity index (χ0n) is 11.5. The molecule has 0 radical (unpaired) electrons. The molecule has 2 heterocycles. The minimum atomic E-state index is -1.02. The van der Waals surface area contributed by atoms with Crippen LogP contribution in [0.5, 0.6) is 0 Å². The summed E-state index contributed by atoms with van der Waals surface area (Å²) >= 11 is 0. The molecule has 2 aromatic carbocycles. The molecule has 0 saturated heterocycles. The predicted octanol–water partition coefficient (Wildman–Crippen LogP) is 3.07. The van der Waals surface area contributed by atoms with Gasteiger partial charge in [-0.2, -0.15) is 0 Å². The van der Waals surface area contributed by atoms with Crippen molar-refractivity contribution in [2.45, 2.75) is 6.54 Å². The Kier molecular flexibility index (Phi) is 2.56. The van der Waals surface area contributed by atoms with Crippen molar-refractivity contribution >= 4 is 22.6 Å². The van der Waals surface area contributed by atoms with Crippen molar-refractivity contribution in [2.75, 3.05) is 0 Å². The maximum Gasteiger partial charge on any atom is 0.336 e. The van der Waals surface area contributed by atoms with Gasteiger partial charge in [0.05, 0.1) is 28.7 Å². The number of imidazole rings is 1. The average molecular weight is 292 g/mol. The van der Waals surface area contributed by atoms with Gasteiger partial charge in [-0.3, -0.25) is 0 Å². The highest BCUT2D eigenvalue weighted by atomic mass is 16.4. The van der Waals surface area contributed by atoms with E-state index in [9.17, 15) is 15.0 Å². The van der Waals surface area contributed by atoms with E-state index in [4.69, 9.17) is 0 Å². The molecule has 0 aliphatic carbocycles. The van der Waals surface area contributed by atoms with Gasteiger partial charge in [-0.1, -0.05) is 30.3 Å². The molecule has 0 amide bonds. The largest absolute Gasteiger partial charge is 0.510 e. The number of aromatic carboxylic acids is 1. The van der Waals surface area contributed by atoms with Crippen LogP contribution in [-0.4, -0.2) is 25.7 Å². The first-order valence-electron chi connectivity index (χ1n) is 6.87. The third kappa shape index (κ3) is 1.65. The Balaban J connectivity index is 1.99. The molecule has 0 spiro atoms. The van der Waals surface area contributed by atoms with Crippen molar-refractivity contribution in [3.05, 3.63) is 71.2 Å². The summed E-state index contributed by atoms with van der Waals surface area (Å²) in [6.45, 7) is 0.305. The lowest BCUT2D eigenvalue weighted by Crippen LogP contribution is -2.03. The molecule has 0 atom stereocenters. The summed E-state index contributed by atoms with van der Waals surface area (Å²) in [5, 5.41) is 19.7. The van der Waals surface area contributed by atoms with Gasteiger partial charge in [0, 0.05) is 5.56 Å². The van der Waals surface area contributed by atoms with Gasteiger partial charge in [0.1, 0.15) is 11.6 Å². The summed E-state index contributed by atoms with van der Waals surface area (Å²) in [4.78, 5) is 16.0. The lowest BCUT2D eigenvalue weighted by atomic mass is 9.99. The van der Waals surface area contributed by atoms with E-state index in [0.29, 0.717) is 23.5 Å². The second-order valence-electron chi connectivity index (χ2n) is 5.18. The summed E-state index contributed by atoms with van der Waals surface area (Å²) in [6, 6.07) is 14.3. The van der Waals surface area contributed by atoms with E-state index >= 15 is 0 Å². The average Bonchev–Trinajstić information content (AvgIpc) is 3.01. The van der Waals surface area contributed by atoms with Gasteiger partial charge in [0.25, 0.3) is 0 Å². The second-order valence-corrected chi connectivity index (χ2v) is 5.18. The maximum absolute atomic E-state index is 11.4. The summed E-state index contributed by atoms with van der Waals surface area (Å²) in [7, 11) is 0. The molecule has 108 valence electrons. The van der Waals surface area contributed by atoms with Crippen LogP contribution in [0.3, 0.4) is 0 Å². The smallest absolute Gasteiger partial charge is 0.336 e. The second kappa shape index (κ2) is 4.46. The van der Waals surface area contributed by atoms with Gasteiger partial charge in [-0.05, 0) is 18.2 Å². The van der Waals surface area contributed by atoms with Crippen LogP contribution in [0.4, 0.5) is 0 Å². The fourth-order valence-corrected chi connectivity index (χ4v) is 2.95. The number of allylic oxidation sites excluding steroid dienone is 1. The molecule has 1 aromatic heterocycles. The van der Waals surface area contributed by atoms with Gasteiger partial charge in [-0.25, -0.2) is 9.78 Å². The van der Waals surface area contributed by atoms with Gasteiger partial charge in [0.2, 0.25) is 0 Å². The van der Waals surface area contributed by atoms with Crippen LogP contribution < -0.4 is 0 Å². The van der Waals surface area contributed by atoms with E-state index in [1.807, 2.05) is 28.8 Å². The molecule has 4 rings (SSSR count). The highest BCUT2D eigenvalue weighted by Crippen LogP contribution is 2.36. The van der Waals surface area contributed by atoms with Crippen LogP contribution in [0.15, 0.2) is 54.3 Å². The Hall–Kier alpha value is -3.08. The van der Waals surface area contributed by atoms with Crippen LogP contribution in [0.2, 0.25) is 0 Å². The van der Waals surface area contributed by atoms with Crippen LogP contribution >= 0.6 is 0 Å². The molecule has 22 heavy (non-hydrogen) atoms. The lowest BCUT2D eigenvalue weighted by Gasteiger charge is -2.06. The van der Waals surface area contributed by atoms with E-state index in [1.165, 1.54) is 6.07 Å². The summed E-state index contributed by atoms with van der Waals surface area (Å²) in [5.41, 5.74) is 2.89. The molecule has 1 aliphatic rings. The van der Waals surface area contributed by atoms with E-state index in [1.54, 1.807) is 18.2 Å². The molecule has 2 N–H and O–H groups in total. The zero-order chi connectivity index (χ0) is 15.3. The Morgan fingerprint density at radius 3 is 2.64 bits per heavy atom. The van der Waals surface area contributed by atoms with Crippen molar-refractivity contribution in [2.24, 2.45) is 0 Å². The lowest BCUT2D eigenvalue weighted by molar-refractivity contribution is 0.0696. The molecule has 5 nitrogen and oxygen atoms in total. The fraction of sp³-hybridized carbons (Fsp3) is 0.0588. The highest BCUT2D eigenvalue weighted by Gasteiger charge is 2.28. The van der Waals surface area contributed by atoms with Crippen molar-refractivity contribution in [3.8, 4) is 0 Å². The minimum absolute atomic E-state index is 0.141. The first-order chi connectivity index (χ1) is 10.7. The third-order valence-electron chi connectivity index (χ3n) is 3.90. The number of hydrogen-bond acceptors (Lipinski definition) is 3. The van der Waals surface area contributed by atoms with Crippen LogP contribution in [0, 0.1) is 0 Å². The van der Waals surface area contributed by atoms with Gasteiger partial charge in [0.15, 0.2) is 0 Å². The molecule has 0 saturated carbocycles. The van der Waals surface area contributed by atoms with Crippen LogP contribution in [0.1, 0.15) is 21.7 Å². The number of aliphatic hydroxyl groups is 1. The number of carboxylic acid groups (broad SMARTS) is 1. The number of carbonyl (C=O) groups is 1. The molecule has 0 fully saturated rings. The number of para-hydroxylation sites is 2.